The van der Waals surface area contributed by atoms with Gasteiger partial charge in [0.05, 0.1) is 7.11 Å². The molecule has 2 aromatic rings. The number of piperidine rings is 1. The summed E-state index contributed by atoms with van der Waals surface area (Å²) < 4.78 is 5.10. The third-order valence-corrected chi connectivity index (χ3v) is 5.57. The molecule has 3 rings (SSSR count). The van der Waals surface area contributed by atoms with Crippen molar-refractivity contribution in [1.29, 1.82) is 0 Å². The Balaban J connectivity index is 1.59. The van der Waals surface area contributed by atoms with Gasteiger partial charge in [0.2, 0.25) is 10.9 Å². The zero-order valence-corrected chi connectivity index (χ0v) is 15.7. The van der Waals surface area contributed by atoms with E-state index >= 15 is 0 Å². The number of hydrogen-bond donors (Lipinski definition) is 1. The molecular weight excluding hydrogens is 352 g/mol. The Hall–Kier alpha value is -2.48. The average Bonchev–Trinajstić information content (AvgIpc) is 3.18. The molecule has 2 heterocycles. The van der Waals surface area contributed by atoms with Crippen LogP contribution in [0.5, 0.6) is 5.75 Å². The molecular formula is C18H22N4O3S. The SMILES string of the molecule is CCC(=O)N1CCC(c2nnc(C(=O)Nc3ccc(OC)cc3)s2)CC1. The number of nitrogens with zero attached hydrogens (tertiary/aromatic N) is 3. The molecule has 138 valence electrons. The largest absolute Gasteiger partial charge is 0.497 e. The van der Waals surface area contributed by atoms with Crippen molar-refractivity contribution >= 4 is 28.8 Å². The molecule has 1 saturated heterocycles. The molecule has 0 bridgehead atoms. The lowest BCUT2D eigenvalue weighted by atomic mass is 9.97. The minimum Gasteiger partial charge on any atom is -0.497 e. The van der Waals surface area contributed by atoms with Gasteiger partial charge in [-0.2, -0.15) is 0 Å². The predicted molar refractivity (Wildman–Crippen MR) is 99.7 cm³/mol. The van der Waals surface area contributed by atoms with Crippen LogP contribution in [0.2, 0.25) is 0 Å². The van der Waals surface area contributed by atoms with Crippen LogP contribution in [-0.2, 0) is 4.79 Å². The van der Waals surface area contributed by atoms with Gasteiger partial charge in [0.15, 0.2) is 0 Å². The smallest absolute Gasteiger partial charge is 0.286 e. The topological polar surface area (TPSA) is 84.4 Å². The standard InChI is InChI=1S/C18H22N4O3S/c1-3-15(23)22-10-8-12(9-11-22)17-20-21-18(26-17)16(24)19-13-4-6-14(25-2)7-5-13/h4-7,12H,3,8-11H2,1-2H3,(H,19,24). The molecule has 7 nitrogen and oxygen atoms in total. The minimum atomic E-state index is -0.266. The third-order valence-electron chi connectivity index (χ3n) is 4.48. The number of hydrogen-bond acceptors (Lipinski definition) is 6. The maximum Gasteiger partial charge on any atom is 0.286 e. The molecule has 8 heteroatoms. The van der Waals surface area contributed by atoms with Crippen molar-refractivity contribution in [1.82, 2.24) is 15.1 Å². The average molecular weight is 374 g/mol. The maximum atomic E-state index is 12.4. The number of rotatable bonds is 5. The zero-order chi connectivity index (χ0) is 18.5. The summed E-state index contributed by atoms with van der Waals surface area (Å²) in [5, 5.41) is 12.3. The fourth-order valence-corrected chi connectivity index (χ4v) is 3.86. The van der Waals surface area contributed by atoms with Gasteiger partial charge in [-0.15, -0.1) is 10.2 Å². The molecule has 0 spiro atoms. The van der Waals surface area contributed by atoms with E-state index in [0.717, 1.165) is 36.7 Å². The van der Waals surface area contributed by atoms with Gasteiger partial charge < -0.3 is 15.0 Å². The molecule has 0 aliphatic carbocycles. The number of aromatic nitrogens is 2. The van der Waals surface area contributed by atoms with Crippen LogP contribution in [0.1, 0.15) is 46.9 Å². The van der Waals surface area contributed by atoms with Gasteiger partial charge >= 0.3 is 0 Å². The van der Waals surface area contributed by atoms with E-state index in [4.69, 9.17) is 4.74 Å². The number of likely N-dealkylation sites (tertiary alicyclic amines) is 1. The Bertz CT molecular complexity index is 767. The number of methoxy groups -OCH3 is 1. The molecule has 1 fully saturated rings. The molecule has 1 aromatic heterocycles. The number of anilines is 1. The summed E-state index contributed by atoms with van der Waals surface area (Å²) in [5.74, 6) is 0.919. The van der Waals surface area contributed by atoms with E-state index in [2.05, 4.69) is 15.5 Å². The highest BCUT2D eigenvalue weighted by Crippen LogP contribution is 2.30. The Morgan fingerprint density at radius 3 is 2.54 bits per heavy atom. The Morgan fingerprint density at radius 1 is 1.23 bits per heavy atom. The van der Waals surface area contributed by atoms with Gasteiger partial charge in [0, 0.05) is 31.1 Å². The van der Waals surface area contributed by atoms with Crippen molar-refractivity contribution in [2.75, 3.05) is 25.5 Å². The van der Waals surface area contributed by atoms with Crippen molar-refractivity contribution in [3.05, 3.63) is 34.3 Å². The van der Waals surface area contributed by atoms with E-state index in [1.54, 1.807) is 31.4 Å². The Labute approximate surface area is 156 Å². The monoisotopic (exact) mass is 374 g/mol. The van der Waals surface area contributed by atoms with Crippen molar-refractivity contribution < 1.29 is 14.3 Å². The lowest BCUT2D eigenvalue weighted by molar-refractivity contribution is -0.131. The second-order valence-corrected chi connectivity index (χ2v) is 7.15. The molecule has 0 unspecified atom stereocenters. The van der Waals surface area contributed by atoms with Crippen molar-refractivity contribution in [2.24, 2.45) is 0 Å². The van der Waals surface area contributed by atoms with E-state index in [1.807, 2.05) is 11.8 Å². The number of amides is 2. The van der Waals surface area contributed by atoms with Crippen LogP contribution in [0.4, 0.5) is 5.69 Å². The van der Waals surface area contributed by atoms with Crippen LogP contribution >= 0.6 is 11.3 Å². The summed E-state index contributed by atoms with van der Waals surface area (Å²) in [6.07, 6.45) is 2.26. The van der Waals surface area contributed by atoms with Gasteiger partial charge in [-0.1, -0.05) is 18.3 Å². The minimum absolute atomic E-state index is 0.195. The lowest BCUT2D eigenvalue weighted by Crippen LogP contribution is -2.37. The first-order valence-corrected chi connectivity index (χ1v) is 9.49. The number of benzene rings is 1. The summed E-state index contributed by atoms with van der Waals surface area (Å²) in [7, 11) is 1.60. The normalized spacial score (nSPS) is 14.9. The molecule has 1 aliphatic heterocycles. The van der Waals surface area contributed by atoms with E-state index in [-0.39, 0.29) is 17.7 Å². The van der Waals surface area contributed by atoms with E-state index in [1.165, 1.54) is 11.3 Å². The van der Waals surface area contributed by atoms with E-state index in [9.17, 15) is 9.59 Å². The maximum absolute atomic E-state index is 12.4. The van der Waals surface area contributed by atoms with Crippen LogP contribution in [0.3, 0.4) is 0 Å². The highest BCUT2D eigenvalue weighted by molar-refractivity contribution is 7.13. The van der Waals surface area contributed by atoms with Crippen molar-refractivity contribution in [2.45, 2.75) is 32.1 Å². The summed E-state index contributed by atoms with van der Waals surface area (Å²) in [6.45, 7) is 3.36. The second-order valence-electron chi connectivity index (χ2n) is 6.14. The van der Waals surface area contributed by atoms with E-state index in [0.29, 0.717) is 17.1 Å². The third kappa shape index (κ3) is 4.19. The van der Waals surface area contributed by atoms with Crippen LogP contribution < -0.4 is 10.1 Å². The van der Waals surface area contributed by atoms with E-state index < -0.39 is 0 Å². The molecule has 1 aliphatic rings. The van der Waals surface area contributed by atoms with Gasteiger partial charge in [0.1, 0.15) is 10.8 Å². The predicted octanol–water partition coefficient (Wildman–Crippen LogP) is 2.92. The van der Waals surface area contributed by atoms with Crippen LogP contribution in [-0.4, -0.2) is 47.1 Å². The van der Waals surface area contributed by atoms with Gasteiger partial charge in [0.25, 0.3) is 5.91 Å². The summed E-state index contributed by atoms with van der Waals surface area (Å²) >= 11 is 1.33. The highest BCUT2D eigenvalue weighted by atomic mass is 32.1. The quantitative estimate of drug-likeness (QED) is 0.870. The first kappa shape index (κ1) is 18.3. The number of carbonyl (C=O) groups excluding carboxylic acids is 2. The van der Waals surface area contributed by atoms with Crippen LogP contribution in [0, 0.1) is 0 Å². The number of carbonyl (C=O) groups is 2. The molecule has 1 N–H and O–H groups in total. The van der Waals surface area contributed by atoms with Crippen LogP contribution in [0.25, 0.3) is 0 Å². The number of nitrogens with one attached hydrogen (secondary N) is 1. The summed E-state index contributed by atoms with van der Waals surface area (Å²) in [4.78, 5) is 26.0. The van der Waals surface area contributed by atoms with Gasteiger partial charge in [-0.3, -0.25) is 9.59 Å². The zero-order valence-electron chi connectivity index (χ0n) is 14.9. The highest BCUT2D eigenvalue weighted by Gasteiger charge is 2.26. The Kier molecular flexibility index (Phi) is 5.82. The fraction of sp³-hybridized carbons (Fsp3) is 0.444. The van der Waals surface area contributed by atoms with Gasteiger partial charge in [-0.05, 0) is 37.1 Å². The van der Waals surface area contributed by atoms with Crippen LogP contribution in [0.15, 0.2) is 24.3 Å². The molecule has 26 heavy (non-hydrogen) atoms. The molecule has 0 radical (unpaired) electrons. The first-order valence-electron chi connectivity index (χ1n) is 8.67. The molecule has 1 aromatic carbocycles. The Morgan fingerprint density at radius 2 is 1.92 bits per heavy atom. The first-order chi connectivity index (χ1) is 12.6. The van der Waals surface area contributed by atoms with Crippen molar-refractivity contribution in [3.63, 3.8) is 0 Å². The van der Waals surface area contributed by atoms with Gasteiger partial charge in [-0.25, -0.2) is 0 Å². The lowest BCUT2D eigenvalue weighted by Gasteiger charge is -2.30. The molecule has 2 amide bonds. The molecule has 0 saturated carbocycles. The second kappa shape index (κ2) is 8.27. The van der Waals surface area contributed by atoms with Crippen molar-refractivity contribution in [3.8, 4) is 5.75 Å². The number of ether oxygens (including phenoxy) is 1. The fourth-order valence-electron chi connectivity index (χ4n) is 2.95. The molecule has 0 atom stereocenters. The summed E-state index contributed by atoms with van der Waals surface area (Å²) in [5.41, 5.74) is 0.680. The summed E-state index contributed by atoms with van der Waals surface area (Å²) in [6, 6.07) is 7.12.